The lowest BCUT2D eigenvalue weighted by molar-refractivity contribution is -0.148. The van der Waals surface area contributed by atoms with Gasteiger partial charge in [0, 0.05) is 6.08 Å². The van der Waals surface area contributed by atoms with Gasteiger partial charge in [0.1, 0.15) is 25.9 Å². The Morgan fingerprint density at radius 1 is 1.10 bits per heavy atom. The van der Waals surface area contributed by atoms with E-state index >= 15 is 0 Å². The molecule has 1 rings (SSSR count). The minimum atomic E-state index is -0.430. The van der Waals surface area contributed by atoms with Gasteiger partial charge in [-0.2, -0.15) is 25.3 Å². The number of esters is 3. The number of hydrogen-bond donors (Lipinski definition) is 2. The minimum Gasteiger partial charge on any atom is -0.461 e. The topological polar surface area (TPSA) is 91.4 Å². The monoisotopic (exact) mass is 338 g/mol. The summed E-state index contributed by atoms with van der Waals surface area (Å²) in [6, 6.07) is 0. The first-order chi connectivity index (χ1) is 10.0. The molecule has 1 aliphatic heterocycles. The van der Waals surface area contributed by atoms with Crippen LogP contribution in [-0.4, -0.2) is 61.9 Å². The Kier molecular flexibility index (Phi) is 11.8. The quantitative estimate of drug-likeness (QED) is 0.161. The van der Waals surface area contributed by atoms with Gasteiger partial charge in [-0.15, -0.1) is 0 Å². The van der Waals surface area contributed by atoms with Crippen molar-refractivity contribution in [2.45, 2.75) is 6.10 Å². The number of carbonyl (C=O) groups excluding carboxylic acids is 3. The van der Waals surface area contributed by atoms with Crippen LogP contribution in [-0.2, 0) is 33.3 Å². The summed E-state index contributed by atoms with van der Waals surface area (Å²) < 4.78 is 18.6. The molecule has 1 unspecified atom stereocenters. The molecule has 0 N–H and O–H groups in total. The van der Waals surface area contributed by atoms with Crippen LogP contribution >= 0.6 is 25.3 Å². The summed E-state index contributed by atoms with van der Waals surface area (Å²) >= 11 is 7.36. The van der Waals surface area contributed by atoms with Gasteiger partial charge < -0.3 is 18.9 Å². The van der Waals surface area contributed by atoms with Crippen LogP contribution in [0.1, 0.15) is 0 Å². The van der Waals surface area contributed by atoms with E-state index in [4.69, 9.17) is 4.74 Å². The average Bonchev–Trinajstić information content (AvgIpc) is 3.33. The first-order valence-electron chi connectivity index (χ1n) is 5.97. The average molecular weight is 338 g/mol. The van der Waals surface area contributed by atoms with Gasteiger partial charge >= 0.3 is 17.9 Å². The van der Waals surface area contributed by atoms with Gasteiger partial charge in [0.2, 0.25) is 0 Å². The van der Waals surface area contributed by atoms with Gasteiger partial charge in [-0.25, -0.2) is 4.79 Å². The lowest BCUT2D eigenvalue weighted by Crippen LogP contribution is -2.14. The summed E-state index contributed by atoms with van der Waals surface area (Å²) in [5.74, 6) is -1.19. The lowest BCUT2D eigenvalue weighted by Gasteiger charge is -2.03. The second-order valence-corrected chi connectivity index (χ2v) is 4.18. The summed E-state index contributed by atoms with van der Waals surface area (Å²) in [4.78, 5) is 31.3. The van der Waals surface area contributed by atoms with Crippen molar-refractivity contribution < 1.29 is 33.3 Å². The van der Waals surface area contributed by atoms with Gasteiger partial charge in [-0.05, 0) is 0 Å². The van der Waals surface area contributed by atoms with Crippen LogP contribution in [0.25, 0.3) is 0 Å². The van der Waals surface area contributed by atoms with Crippen LogP contribution in [0.2, 0.25) is 0 Å². The molecule has 1 aliphatic rings. The van der Waals surface area contributed by atoms with Gasteiger partial charge in [0.25, 0.3) is 0 Å². The molecule has 1 saturated heterocycles. The fraction of sp³-hybridized carbons (Fsp3) is 0.583. The molecule has 1 fully saturated rings. The zero-order valence-corrected chi connectivity index (χ0v) is 13.1. The van der Waals surface area contributed by atoms with Crippen LogP contribution in [0.4, 0.5) is 0 Å². The van der Waals surface area contributed by atoms with Crippen LogP contribution in [0, 0.1) is 0 Å². The van der Waals surface area contributed by atoms with E-state index in [1.54, 1.807) is 0 Å². The molecule has 0 saturated carbocycles. The molecular formula is C12H18O7S2. The Morgan fingerprint density at radius 2 is 1.57 bits per heavy atom. The lowest BCUT2D eigenvalue weighted by atomic mass is 10.5. The molecule has 120 valence electrons. The molecule has 0 radical (unpaired) electrons. The number of rotatable bonds is 8. The van der Waals surface area contributed by atoms with Gasteiger partial charge in [0.15, 0.2) is 0 Å². The van der Waals surface area contributed by atoms with E-state index < -0.39 is 11.9 Å². The van der Waals surface area contributed by atoms with E-state index in [-0.39, 0.29) is 36.8 Å². The van der Waals surface area contributed by atoms with E-state index in [9.17, 15) is 14.4 Å². The summed E-state index contributed by atoms with van der Waals surface area (Å²) in [6.07, 6.45) is 1.29. The number of thiol groups is 2. The predicted molar refractivity (Wildman–Crippen MR) is 80.5 cm³/mol. The maximum absolute atomic E-state index is 10.5. The normalized spacial score (nSPS) is 15.0. The van der Waals surface area contributed by atoms with Crippen molar-refractivity contribution in [3.8, 4) is 0 Å². The van der Waals surface area contributed by atoms with Crippen molar-refractivity contribution in [3.63, 3.8) is 0 Å². The fourth-order valence-corrected chi connectivity index (χ4v) is 0.983. The molecular weight excluding hydrogens is 320 g/mol. The third kappa shape index (κ3) is 13.5. The van der Waals surface area contributed by atoms with Gasteiger partial charge in [0.05, 0.1) is 18.1 Å². The maximum atomic E-state index is 10.5. The number of epoxide rings is 1. The highest BCUT2D eigenvalue weighted by molar-refractivity contribution is 7.81. The first-order valence-corrected chi connectivity index (χ1v) is 7.23. The molecule has 0 aromatic heterocycles. The molecule has 21 heavy (non-hydrogen) atoms. The number of ether oxygens (including phenoxy) is 4. The summed E-state index contributed by atoms with van der Waals surface area (Å²) in [5.41, 5.74) is 0. The standard InChI is InChI=1S/C6H10O4S2.C6H8O3/c7-5(3-11)9-1-2-10-6(8)4-12;1-2-6(7)9-4-5-3-8-5/h11-12H,1-4H2;2,5H,1,3-4H2. The molecule has 1 atom stereocenters. The molecule has 0 spiro atoms. The third-order valence-electron chi connectivity index (χ3n) is 1.85. The highest BCUT2D eigenvalue weighted by Crippen LogP contribution is 2.08. The van der Waals surface area contributed by atoms with E-state index in [2.05, 4.69) is 46.0 Å². The zero-order chi connectivity index (χ0) is 16.1. The highest BCUT2D eigenvalue weighted by atomic mass is 32.1. The Bertz CT molecular complexity index is 338. The Hall–Kier alpha value is -1.19. The van der Waals surface area contributed by atoms with E-state index in [1.807, 2.05) is 0 Å². The van der Waals surface area contributed by atoms with Crippen molar-refractivity contribution in [3.05, 3.63) is 12.7 Å². The molecule has 0 aliphatic carbocycles. The molecule has 9 heteroatoms. The Balaban J connectivity index is 0.000000394. The van der Waals surface area contributed by atoms with Gasteiger partial charge in [-0.3, -0.25) is 9.59 Å². The van der Waals surface area contributed by atoms with Crippen molar-refractivity contribution >= 4 is 43.2 Å². The first kappa shape index (κ1) is 19.8. The minimum absolute atomic E-state index is 0.0283. The van der Waals surface area contributed by atoms with E-state index in [1.165, 1.54) is 0 Å². The second kappa shape index (κ2) is 12.5. The second-order valence-electron chi connectivity index (χ2n) is 3.55. The van der Waals surface area contributed by atoms with Crippen LogP contribution in [0.15, 0.2) is 12.7 Å². The maximum Gasteiger partial charge on any atom is 0.330 e. The fourth-order valence-electron chi connectivity index (χ4n) is 0.801. The van der Waals surface area contributed by atoms with E-state index in [0.717, 1.165) is 6.08 Å². The molecule has 0 aromatic rings. The Morgan fingerprint density at radius 3 is 1.90 bits per heavy atom. The third-order valence-corrected chi connectivity index (χ3v) is 2.36. The van der Waals surface area contributed by atoms with Crippen LogP contribution in [0.5, 0.6) is 0 Å². The molecule has 0 amide bonds. The number of hydrogen-bond acceptors (Lipinski definition) is 9. The summed E-state index contributed by atoms with van der Waals surface area (Å²) in [5, 5.41) is 0. The van der Waals surface area contributed by atoms with Crippen LogP contribution < -0.4 is 0 Å². The van der Waals surface area contributed by atoms with Crippen molar-refractivity contribution in [1.82, 2.24) is 0 Å². The Labute approximate surface area is 133 Å². The number of carbonyl (C=O) groups is 3. The molecule has 0 bridgehead atoms. The molecule has 0 aromatic carbocycles. The molecule has 1 heterocycles. The van der Waals surface area contributed by atoms with Gasteiger partial charge in [-0.1, -0.05) is 6.58 Å². The summed E-state index contributed by atoms with van der Waals surface area (Å²) in [6.45, 7) is 4.46. The molecule has 7 nitrogen and oxygen atoms in total. The largest absolute Gasteiger partial charge is 0.461 e. The van der Waals surface area contributed by atoms with Crippen molar-refractivity contribution in [2.24, 2.45) is 0 Å². The smallest absolute Gasteiger partial charge is 0.330 e. The van der Waals surface area contributed by atoms with Crippen molar-refractivity contribution in [1.29, 1.82) is 0 Å². The van der Waals surface area contributed by atoms with E-state index in [0.29, 0.717) is 13.2 Å². The predicted octanol–water partition coefficient (Wildman–Crippen LogP) is 0.0468. The summed E-state index contributed by atoms with van der Waals surface area (Å²) in [7, 11) is 0. The highest BCUT2D eigenvalue weighted by Gasteiger charge is 2.23. The van der Waals surface area contributed by atoms with Crippen molar-refractivity contribution in [2.75, 3.05) is 37.9 Å². The van der Waals surface area contributed by atoms with Crippen LogP contribution in [0.3, 0.4) is 0 Å². The zero-order valence-electron chi connectivity index (χ0n) is 11.4. The SMILES string of the molecule is C=CC(=O)OCC1CO1.O=C(CS)OCCOC(=O)CS.